The van der Waals surface area contributed by atoms with E-state index < -0.39 is 11.9 Å². The van der Waals surface area contributed by atoms with Crippen LogP contribution in [-0.2, 0) is 16.1 Å². The van der Waals surface area contributed by atoms with Crippen molar-refractivity contribution in [2.75, 3.05) is 24.6 Å². The summed E-state index contributed by atoms with van der Waals surface area (Å²) in [6.07, 6.45) is 2.06. The predicted molar refractivity (Wildman–Crippen MR) is 86.0 cm³/mol. The molecule has 3 heterocycles. The van der Waals surface area contributed by atoms with Crippen LogP contribution in [-0.4, -0.2) is 48.0 Å². The van der Waals surface area contributed by atoms with Gasteiger partial charge in [0.25, 0.3) is 5.92 Å². The molecule has 1 unspecified atom stereocenters. The molecule has 1 aromatic rings. The van der Waals surface area contributed by atoms with Crippen LogP contribution in [0, 0.1) is 0 Å². The molecule has 2 aliphatic heterocycles. The molecule has 6 nitrogen and oxygen atoms in total. The second-order valence-electron chi connectivity index (χ2n) is 6.46. The first-order valence-corrected chi connectivity index (χ1v) is 8.53. The highest BCUT2D eigenvalue weighted by atomic mass is 19.3. The van der Waals surface area contributed by atoms with Crippen molar-refractivity contribution >= 4 is 11.7 Å². The number of halogens is 2. The number of nitrogens with zero attached hydrogens (tertiary/aromatic N) is 2. The molecular weight excluding hydrogens is 334 g/mol. The number of aromatic carboxylic acids is 1. The van der Waals surface area contributed by atoms with Gasteiger partial charge in [0.15, 0.2) is 12.0 Å². The summed E-state index contributed by atoms with van der Waals surface area (Å²) in [7, 11) is 0. The van der Waals surface area contributed by atoms with Crippen LogP contribution in [0.15, 0.2) is 12.1 Å². The number of carboxylic acid groups (broad SMARTS) is 1. The molecule has 3 rings (SSSR count). The molecule has 8 heteroatoms. The number of aromatic nitrogens is 1. The van der Waals surface area contributed by atoms with Gasteiger partial charge in [-0.2, -0.15) is 0 Å². The summed E-state index contributed by atoms with van der Waals surface area (Å²) in [5.41, 5.74) is 0.936. The van der Waals surface area contributed by atoms with Gasteiger partial charge in [-0.15, -0.1) is 0 Å². The maximum Gasteiger partial charge on any atom is 0.354 e. The van der Waals surface area contributed by atoms with E-state index >= 15 is 0 Å². The Morgan fingerprint density at radius 1 is 1.36 bits per heavy atom. The standard InChI is InChI=1S/C17H22F2N2O4/c18-17(19)4-6-21(7-5-17)13-9-12(20-14(10-13)16(22)23)11-25-15-3-1-2-8-24-15/h9-10,15H,1-8,11H2,(H,22,23). The largest absolute Gasteiger partial charge is 0.477 e. The summed E-state index contributed by atoms with van der Waals surface area (Å²) in [6, 6.07) is 3.13. The topological polar surface area (TPSA) is 71.9 Å². The molecule has 0 amide bonds. The van der Waals surface area contributed by atoms with Gasteiger partial charge in [0.2, 0.25) is 0 Å². The summed E-state index contributed by atoms with van der Waals surface area (Å²) < 4.78 is 37.8. The third kappa shape index (κ3) is 4.85. The van der Waals surface area contributed by atoms with Gasteiger partial charge in [-0.25, -0.2) is 18.6 Å². The quantitative estimate of drug-likeness (QED) is 0.874. The van der Waals surface area contributed by atoms with Crippen LogP contribution in [0.3, 0.4) is 0 Å². The molecule has 0 bridgehead atoms. The van der Waals surface area contributed by atoms with Crippen molar-refractivity contribution in [3.05, 3.63) is 23.5 Å². The number of pyridine rings is 1. The van der Waals surface area contributed by atoms with Crippen molar-refractivity contribution in [1.82, 2.24) is 4.98 Å². The van der Waals surface area contributed by atoms with Crippen LogP contribution in [0.25, 0.3) is 0 Å². The minimum atomic E-state index is -2.65. The van der Waals surface area contributed by atoms with Gasteiger partial charge in [-0.05, 0) is 31.4 Å². The number of carbonyl (C=O) groups is 1. The molecule has 1 aromatic heterocycles. The summed E-state index contributed by atoms with van der Waals surface area (Å²) in [6.45, 7) is 1.15. The van der Waals surface area contributed by atoms with E-state index in [1.807, 2.05) is 0 Å². The number of rotatable bonds is 5. The lowest BCUT2D eigenvalue weighted by Gasteiger charge is -2.33. The second-order valence-corrected chi connectivity index (χ2v) is 6.46. The van der Waals surface area contributed by atoms with Crippen molar-refractivity contribution in [3.8, 4) is 0 Å². The Bertz CT molecular complexity index is 611. The fourth-order valence-electron chi connectivity index (χ4n) is 3.05. The molecule has 2 fully saturated rings. The van der Waals surface area contributed by atoms with Crippen molar-refractivity contribution in [3.63, 3.8) is 0 Å². The van der Waals surface area contributed by atoms with Gasteiger partial charge in [-0.1, -0.05) is 0 Å². The van der Waals surface area contributed by atoms with Gasteiger partial charge in [0.1, 0.15) is 0 Å². The Labute approximate surface area is 144 Å². The van der Waals surface area contributed by atoms with Crippen molar-refractivity contribution in [1.29, 1.82) is 0 Å². The fourth-order valence-corrected chi connectivity index (χ4v) is 3.05. The Balaban J connectivity index is 1.71. The molecule has 0 spiro atoms. The molecule has 1 N–H and O–H groups in total. The number of anilines is 1. The van der Waals surface area contributed by atoms with Gasteiger partial charge < -0.3 is 19.5 Å². The number of alkyl halides is 2. The molecule has 0 aromatic carbocycles. The van der Waals surface area contributed by atoms with E-state index in [9.17, 15) is 18.7 Å². The lowest BCUT2D eigenvalue weighted by atomic mass is 10.1. The van der Waals surface area contributed by atoms with E-state index in [4.69, 9.17) is 9.47 Å². The van der Waals surface area contributed by atoms with Gasteiger partial charge in [-0.3, -0.25) is 0 Å². The normalized spacial score (nSPS) is 23.4. The molecule has 25 heavy (non-hydrogen) atoms. The molecule has 0 aliphatic carbocycles. The molecule has 0 radical (unpaired) electrons. The number of hydrogen-bond donors (Lipinski definition) is 1. The summed E-state index contributed by atoms with van der Waals surface area (Å²) in [4.78, 5) is 17.2. The smallest absolute Gasteiger partial charge is 0.354 e. The number of piperidine rings is 1. The molecular formula is C17H22F2N2O4. The van der Waals surface area contributed by atoms with E-state index in [1.54, 1.807) is 11.0 Å². The third-order valence-electron chi connectivity index (χ3n) is 4.50. The zero-order valence-electron chi connectivity index (χ0n) is 13.9. The maximum absolute atomic E-state index is 13.3. The lowest BCUT2D eigenvalue weighted by Crippen LogP contribution is -2.39. The van der Waals surface area contributed by atoms with Crippen molar-refractivity contribution in [2.45, 2.75) is 50.9 Å². The highest BCUT2D eigenvalue weighted by Crippen LogP contribution is 2.31. The van der Waals surface area contributed by atoms with E-state index in [2.05, 4.69) is 4.98 Å². The van der Waals surface area contributed by atoms with Crippen molar-refractivity contribution < 1.29 is 28.2 Å². The van der Waals surface area contributed by atoms with Gasteiger partial charge in [0, 0.05) is 38.2 Å². The first kappa shape index (κ1) is 18.0. The van der Waals surface area contributed by atoms with E-state index in [0.29, 0.717) is 18.0 Å². The van der Waals surface area contributed by atoms with Crippen LogP contribution < -0.4 is 4.90 Å². The van der Waals surface area contributed by atoms with E-state index in [0.717, 1.165) is 19.3 Å². The van der Waals surface area contributed by atoms with Gasteiger partial charge >= 0.3 is 5.97 Å². The highest BCUT2D eigenvalue weighted by Gasteiger charge is 2.34. The summed E-state index contributed by atoms with van der Waals surface area (Å²) in [5.74, 6) is -3.80. The molecule has 2 aliphatic rings. The second kappa shape index (κ2) is 7.61. The summed E-state index contributed by atoms with van der Waals surface area (Å²) in [5, 5.41) is 9.27. The third-order valence-corrected chi connectivity index (χ3v) is 4.50. The van der Waals surface area contributed by atoms with Crippen LogP contribution in [0.1, 0.15) is 48.3 Å². The van der Waals surface area contributed by atoms with E-state index in [1.165, 1.54) is 6.07 Å². The molecule has 0 saturated carbocycles. The minimum absolute atomic E-state index is 0.113. The Morgan fingerprint density at radius 2 is 2.12 bits per heavy atom. The monoisotopic (exact) mass is 356 g/mol. The molecule has 1 atom stereocenters. The highest BCUT2D eigenvalue weighted by molar-refractivity contribution is 5.86. The minimum Gasteiger partial charge on any atom is -0.477 e. The first-order valence-electron chi connectivity index (χ1n) is 8.53. The summed E-state index contributed by atoms with van der Waals surface area (Å²) >= 11 is 0. The zero-order valence-corrected chi connectivity index (χ0v) is 13.9. The van der Waals surface area contributed by atoms with Crippen LogP contribution in [0.2, 0.25) is 0 Å². The van der Waals surface area contributed by atoms with Gasteiger partial charge in [0.05, 0.1) is 12.3 Å². The average Bonchev–Trinajstić information content (AvgIpc) is 2.60. The number of hydrogen-bond acceptors (Lipinski definition) is 5. The van der Waals surface area contributed by atoms with E-state index in [-0.39, 0.29) is 44.5 Å². The Hall–Kier alpha value is -1.80. The van der Waals surface area contributed by atoms with Crippen molar-refractivity contribution in [2.24, 2.45) is 0 Å². The Kier molecular flexibility index (Phi) is 5.48. The van der Waals surface area contributed by atoms with Crippen LogP contribution in [0.4, 0.5) is 14.5 Å². The SMILES string of the molecule is O=C(O)c1cc(N2CCC(F)(F)CC2)cc(COC2CCCCO2)n1. The molecule has 138 valence electrons. The number of ether oxygens (including phenoxy) is 2. The van der Waals surface area contributed by atoms with Crippen LogP contribution in [0.5, 0.6) is 0 Å². The number of carboxylic acids is 1. The maximum atomic E-state index is 13.3. The Morgan fingerprint density at radius 3 is 2.76 bits per heavy atom. The average molecular weight is 356 g/mol. The first-order chi connectivity index (χ1) is 11.9. The predicted octanol–water partition coefficient (Wildman–Crippen LogP) is 3.06. The lowest BCUT2D eigenvalue weighted by molar-refractivity contribution is -0.169. The molecule has 2 saturated heterocycles. The fraction of sp³-hybridized carbons (Fsp3) is 0.647. The zero-order chi connectivity index (χ0) is 17.9. The van der Waals surface area contributed by atoms with Crippen LogP contribution >= 0.6 is 0 Å².